The van der Waals surface area contributed by atoms with Crippen LogP contribution in [-0.4, -0.2) is 17.9 Å². The maximum Gasteiger partial charge on any atom is 0.213 e. The van der Waals surface area contributed by atoms with Gasteiger partial charge in [-0.1, -0.05) is 42.0 Å². The zero-order chi connectivity index (χ0) is 13.3. The number of carbonyl (C=O) groups is 1. The van der Waals surface area contributed by atoms with Crippen molar-refractivity contribution in [3.8, 4) is 0 Å². The summed E-state index contributed by atoms with van der Waals surface area (Å²) in [5.74, 6) is 0. The second kappa shape index (κ2) is 7.57. The highest BCUT2D eigenvalue weighted by molar-refractivity contribution is 5.55. The molecule has 0 aliphatic heterocycles. The quantitative estimate of drug-likeness (QED) is 0.555. The van der Waals surface area contributed by atoms with Crippen molar-refractivity contribution < 1.29 is 4.79 Å². The zero-order valence-electron chi connectivity index (χ0n) is 11.3. The molecule has 0 N–H and O–H groups in total. The van der Waals surface area contributed by atoms with Gasteiger partial charge in [-0.2, -0.15) is 0 Å². The summed E-state index contributed by atoms with van der Waals surface area (Å²) >= 11 is 0. The molecule has 0 bridgehead atoms. The van der Waals surface area contributed by atoms with Gasteiger partial charge < -0.3 is 4.90 Å². The zero-order valence-corrected chi connectivity index (χ0v) is 11.3. The molecule has 0 fully saturated rings. The summed E-state index contributed by atoms with van der Waals surface area (Å²) in [6, 6.07) is 10.0. The molecule has 100 valence electrons. The fraction of sp³-hybridized carbons (Fsp3) is 0.353. The summed E-state index contributed by atoms with van der Waals surface area (Å²) in [7, 11) is 0. The van der Waals surface area contributed by atoms with Gasteiger partial charge in [0.1, 0.15) is 0 Å². The Hall–Kier alpha value is -1.83. The van der Waals surface area contributed by atoms with Crippen molar-refractivity contribution in [3.63, 3.8) is 0 Å². The third kappa shape index (κ3) is 4.74. The number of carbonyl (C=O) groups excluding carboxylic acids is 1. The Morgan fingerprint density at radius 2 is 2.00 bits per heavy atom. The van der Waals surface area contributed by atoms with Gasteiger partial charge in [0.25, 0.3) is 0 Å². The van der Waals surface area contributed by atoms with Gasteiger partial charge >= 0.3 is 0 Å². The van der Waals surface area contributed by atoms with Crippen molar-refractivity contribution in [2.24, 2.45) is 0 Å². The van der Waals surface area contributed by atoms with Gasteiger partial charge in [-0.25, -0.2) is 0 Å². The third-order valence-electron chi connectivity index (χ3n) is 3.47. The Kier molecular flexibility index (Phi) is 5.42. The average Bonchev–Trinajstić information content (AvgIpc) is 2.49. The summed E-state index contributed by atoms with van der Waals surface area (Å²) < 4.78 is 0. The number of rotatable bonds is 6. The van der Waals surface area contributed by atoms with E-state index in [9.17, 15) is 4.79 Å². The van der Waals surface area contributed by atoms with Gasteiger partial charge in [0, 0.05) is 12.7 Å². The molecular formula is C17H21NO. The number of hydrogen-bond acceptors (Lipinski definition) is 1. The molecule has 1 aromatic carbocycles. The number of benzene rings is 1. The topological polar surface area (TPSA) is 20.3 Å². The number of amides is 1. The molecule has 0 aromatic heterocycles. The highest BCUT2D eigenvalue weighted by atomic mass is 16.1. The first kappa shape index (κ1) is 13.6. The van der Waals surface area contributed by atoms with E-state index in [0.29, 0.717) is 0 Å². The molecule has 1 aromatic rings. The molecule has 1 aliphatic carbocycles. The van der Waals surface area contributed by atoms with E-state index in [2.05, 4.69) is 6.08 Å². The smallest absolute Gasteiger partial charge is 0.213 e. The summed E-state index contributed by atoms with van der Waals surface area (Å²) in [5.41, 5.74) is 2.62. The molecule has 19 heavy (non-hydrogen) atoms. The van der Waals surface area contributed by atoms with Crippen LogP contribution in [-0.2, 0) is 4.79 Å². The average molecular weight is 255 g/mol. The lowest BCUT2D eigenvalue weighted by Crippen LogP contribution is -2.17. The van der Waals surface area contributed by atoms with Crippen LogP contribution in [0.4, 0.5) is 0 Å². The molecule has 0 spiro atoms. The van der Waals surface area contributed by atoms with Crippen molar-refractivity contribution in [3.05, 3.63) is 53.7 Å². The number of nitrogens with zero attached hydrogens (tertiary/aromatic N) is 1. The van der Waals surface area contributed by atoms with Crippen LogP contribution in [0, 0.1) is 0 Å². The van der Waals surface area contributed by atoms with Crippen LogP contribution < -0.4 is 0 Å². The molecule has 1 aliphatic rings. The monoisotopic (exact) mass is 255 g/mol. The first-order chi connectivity index (χ1) is 9.38. The van der Waals surface area contributed by atoms with E-state index in [1.807, 2.05) is 42.6 Å². The predicted octanol–water partition coefficient (Wildman–Crippen LogP) is 4.01. The Labute approximate surface area is 115 Å². The Morgan fingerprint density at radius 1 is 1.16 bits per heavy atom. The van der Waals surface area contributed by atoms with Crippen LogP contribution in [0.5, 0.6) is 0 Å². The maximum absolute atomic E-state index is 11.1. The largest absolute Gasteiger partial charge is 0.321 e. The molecule has 0 atom stereocenters. The predicted molar refractivity (Wildman–Crippen MR) is 79.4 cm³/mol. The van der Waals surface area contributed by atoms with Gasteiger partial charge in [-0.3, -0.25) is 4.79 Å². The van der Waals surface area contributed by atoms with Crippen LogP contribution >= 0.6 is 0 Å². The van der Waals surface area contributed by atoms with Gasteiger partial charge in [-0.05, 0) is 43.7 Å². The van der Waals surface area contributed by atoms with Crippen LogP contribution in [0.15, 0.2) is 48.2 Å². The van der Waals surface area contributed by atoms with E-state index < -0.39 is 0 Å². The lowest BCUT2D eigenvalue weighted by atomic mass is 9.97. The van der Waals surface area contributed by atoms with E-state index in [-0.39, 0.29) is 0 Å². The maximum atomic E-state index is 11.1. The molecule has 0 heterocycles. The SMILES string of the molecule is O=CN(/C=C/c1ccccc1)CCC1=CCCCC1. The molecule has 2 heteroatoms. The van der Waals surface area contributed by atoms with E-state index >= 15 is 0 Å². The lowest BCUT2D eigenvalue weighted by molar-refractivity contribution is -0.115. The first-order valence-electron chi connectivity index (χ1n) is 7.01. The fourth-order valence-corrected chi connectivity index (χ4v) is 2.31. The van der Waals surface area contributed by atoms with Gasteiger partial charge in [0.15, 0.2) is 0 Å². The summed E-state index contributed by atoms with van der Waals surface area (Å²) in [4.78, 5) is 12.8. The Bertz CT molecular complexity index is 448. The second-order valence-electron chi connectivity index (χ2n) is 4.93. The van der Waals surface area contributed by atoms with Crippen LogP contribution in [0.3, 0.4) is 0 Å². The van der Waals surface area contributed by atoms with E-state index in [4.69, 9.17) is 0 Å². The van der Waals surface area contributed by atoms with E-state index in [1.165, 1.54) is 31.3 Å². The number of hydrogen-bond donors (Lipinski definition) is 0. The van der Waals surface area contributed by atoms with Crippen molar-refractivity contribution in [1.29, 1.82) is 0 Å². The Morgan fingerprint density at radius 3 is 2.68 bits per heavy atom. The van der Waals surface area contributed by atoms with E-state index in [1.54, 1.807) is 4.90 Å². The molecule has 1 amide bonds. The molecule has 0 saturated carbocycles. The van der Waals surface area contributed by atoms with Crippen molar-refractivity contribution in [2.45, 2.75) is 32.1 Å². The van der Waals surface area contributed by atoms with Gasteiger partial charge in [0.05, 0.1) is 0 Å². The van der Waals surface area contributed by atoms with Crippen LogP contribution in [0.25, 0.3) is 6.08 Å². The van der Waals surface area contributed by atoms with Crippen LogP contribution in [0.1, 0.15) is 37.7 Å². The van der Waals surface area contributed by atoms with Gasteiger partial charge in [-0.15, -0.1) is 0 Å². The molecule has 0 unspecified atom stereocenters. The molecule has 0 radical (unpaired) electrons. The summed E-state index contributed by atoms with van der Waals surface area (Å²) in [6.07, 6.45) is 13.1. The van der Waals surface area contributed by atoms with Crippen LogP contribution in [0.2, 0.25) is 0 Å². The highest BCUT2D eigenvalue weighted by Crippen LogP contribution is 2.20. The summed E-state index contributed by atoms with van der Waals surface area (Å²) in [6.45, 7) is 0.776. The molecule has 2 nitrogen and oxygen atoms in total. The molecule has 2 rings (SSSR count). The second-order valence-corrected chi connectivity index (χ2v) is 4.93. The normalized spacial score (nSPS) is 15.3. The van der Waals surface area contributed by atoms with E-state index in [0.717, 1.165) is 24.9 Å². The summed E-state index contributed by atoms with van der Waals surface area (Å²) in [5, 5.41) is 0. The third-order valence-corrected chi connectivity index (χ3v) is 3.47. The standard InChI is InChI=1S/C17H21NO/c19-15-18(13-11-16-7-3-1-4-8-16)14-12-17-9-5-2-6-10-17/h1,3-4,7-9,11,13,15H,2,5-6,10,12,14H2/b13-11+. The van der Waals surface area contributed by atoms with Crippen molar-refractivity contribution >= 4 is 12.5 Å². The van der Waals surface area contributed by atoms with Gasteiger partial charge in [0.2, 0.25) is 6.41 Å². The molecular weight excluding hydrogens is 234 g/mol. The Balaban J connectivity index is 1.84. The fourth-order valence-electron chi connectivity index (χ4n) is 2.31. The lowest BCUT2D eigenvalue weighted by Gasteiger charge is -2.16. The minimum absolute atomic E-state index is 0.776. The van der Waals surface area contributed by atoms with Crippen molar-refractivity contribution in [1.82, 2.24) is 4.90 Å². The minimum atomic E-state index is 0.776. The van der Waals surface area contributed by atoms with Crippen molar-refractivity contribution in [2.75, 3.05) is 6.54 Å². The molecule has 0 saturated heterocycles. The first-order valence-corrected chi connectivity index (χ1v) is 7.01. The minimum Gasteiger partial charge on any atom is -0.321 e. The number of allylic oxidation sites excluding steroid dienone is 1. The highest BCUT2D eigenvalue weighted by Gasteiger charge is 2.05.